The third kappa shape index (κ3) is 1.69. The first-order valence-electron chi connectivity index (χ1n) is 3.97. The van der Waals surface area contributed by atoms with Crippen LogP contribution in [0, 0.1) is 5.92 Å². The number of allylic oxidation sites excluding steroid dienone is 1. The Balaban J connectivity index is 2.54. The highest BCUT2D eigenvalue weighted by Crippen LogP contribution is 2.19. The maximum Gasteiger partial charge on any atom is 0.0552 e. The summed E-state index contributed by atoms with van der Waals surface area (Å²) in [5.41, 5.74) is 0. The number of nitrogens with zero attached hydrogens (tertiary/aromatic N) is 1. The summed E-state index contributed by atoms with van der Waals surface area (Å²) in [7, 11) is 0. The number of hydrogen-bond donors (Lipinski definition) is 0. The van der Waals surface area contributed by atoms with Crippen LogP contribution in [-0.2, 0) is 0 Å². The van der Waals surface area contributed by atoms with Crippen LogP contribution >= 0.6 is 0 Å². The van der Waals surface area contributed by atoms with Crippen LogP contribution < -0.4 is 0 Å². The van der Waals surface area contributed by atoms with Gasteiger partial charge in [-0.05, 0) is 31.9 Å². The van der Waals surface area contributed by atoms with Crippen molar-refractivity contribution in [2.75, 3.05) is 0 Å². The molecule has 1 aliphatic rings. The molecule has 0 aromatic rings. The SMILES string of the molecule is C=N[C@H]1CCCC=C[C@@H]1C. The van der Waals surface area contributed by atoms with Gasteiger partial charge in [0.1, 0.15) is 0 Å². The molecule has 0 aromatic heterocycles. The lowest BCUT2D eigenvalue weighted by Gasteiger charge is -2.13. The minimum absolute atomic E-state index is 0.471. The molecule has 0 spiro atoms. The topological polar surface area (TPSA) is 12.4 Å². The molecule has 1 rings (SSSR count). The van der Waals surface area contributed by atoms with Gasteiger partial charge in [0.15, 0.2) is 0 Å². The molecule has 0 saturated heterocycles. The zero-order valence-corrected chi connectivity index (χ0v) is 6.59. The standard InChI is InChI=1S/C9H15N/c1-8-6-4-3-5-7-9(8)10-2/h4,6,8-9H,2-3,5,7H2,1H3/t8-,9-/m0/s1. The van der Waals surface area contributed by atoms with E-state index in [1.165, 1.54) is 19.3 Å². The average Bonchev–Trinajstić information content (AvgIpc) is 2.13. The summed E-state index contributed by atoms with van der Waals surface area (Å²) in [6, 6.07) is 0.471. The summed E-state index contributed by atoms with van der Waals surface area (Å²) in [4.78, 5) is 4.09. The molecule has 0 heterocycles. The average molecular weight is 137 g/mol. The highest BCUT2D eigenvalue weighted by Gasteiger charge is 2.13. The molecule has 1 heteroatoms. The lowest BCUT2D eigenvalue weighted by molar-refractivity contribution is 0.509. The molecule has 0 bridgehead atoms. The molecule has 2 atom stereocenters. The van der Waals surface area contributed by atoms with Crippen LogP contribution in [0.2, 0.25) is 0 Å². The molecule has 0 N–H and O–H groups in total. The van der Waals surface area contributed by atoms with Crippen LogP contribution in [-0.4, -0.2) is 12.8 Å². The van der Waals surface area contributed by atoms with Gasteiger partial charge in [-0.25, -0.2) is 0 Å². The smallest absolute Gasteiger partial charge is 0.0552 e. The second kappa shape index (κ2) is 3.55. The first kappa shape index (κ1) is 7.52. The van der Waals surface area contributed by atoms with Crippen molar-refractivity contribution in [3.05, 3.63) is 12.2 Å². The molecule has 0 aromatic carbocycles. The predicted octanol–water partition coefficient (Wildman–Crippen LogP) is 2.43. The first-order chi connectivity index (χ1) is 4.84. The van der Waals surface area contributed by atoms with Gasteiger partial charge in [0, 0.05) is 0 Å². The highest BCUT2D eigenvalue weighted by molar-refractivity contribution is 5.24. The van der Waals surface area contributed by atoms with E-state index in [9.17, 15) is 0 Å². The molecule has 10 heavy (non-hydrogen) atoms. The van der Waals surface area contributed by atoms with Crippen molar-refractivity contribution in [1.82, 2.24) is 0 Å². The van der Waals surface area contributed by atoms with Crippen molar-refractivity contribution in [1.29, 1.82) is 0 Å². The zero-order valence-electron chi connectivity index (χ0n) is 6.59. The van der Waals surface area contributed by atoms with Crippen LogP contribution in [0.5, 0.6) is 0 Å². The van der Waals surface area contributed by atoms with Crippen LogP contribution in [0.3, 0.4) is 0 Å². The highest BCUT2D eigenvalue weighted by atomic mass is 14.8. The van der Waals surface area contributed by atoms with Crippen LogP contribution in [0.1, 0.15) is 26.2 Å². The van der Waals surface area contributed by atoms with Gasteiger partial charge in [-0.1, -0.05) is 19.1 Å². The Labute approximate surface area is 62.9 Å². The monoisotopic (exact) mass is 137 g/mol. The second-order valence-corrected chi connectivity index (χ2v) is 2.97. The van der Waals surface area contributed by atoms with Crippen molar-refractivity contribution in [2.24, 2.45) is 10.9 Å². The Bertz CT molecular complexity index is 138. The van der Waals surface area contributed by atoms with Crippen molar-refractivity contribution < 1.29 is 0 Å². The Morgan fingerprint density at radius 2 is 2.40 bits per heavy atom. The van der Waals surface area contributed by atoms with E-state index >= 15 is 0 Å². The van der Waals surface area contributed by atoms with Crippen molar-refractivity contribution in [3.8, 4) is 0 Å². The minimum Gasteiger partial charge on any atom is -0.297 e. The lowest BCUT2D eigenvalue weighted by atomic mass is 10.0. The fourth-order valence-corrected chi connectivity index (χ4v) is 1.40. The van der Waals surface area contributed by atoms with E-state index in [-0.39, 0.29) is 0 Å². The van der Waals surface area contributed by atoms with E-state index in [1.807, 2.05) is 0 Å². The molecular formula is C9H15N. The normalized spacial score (nSPS) is 33.3. The van der Waals surface area contributed by atoms with Gasteiger partial charge in [-0.15, -0.1) is 0 Å². The fourth-order valence-electron chi connectivity index (χ4n) is 1.40. The van der Waals surface area contributed by atoms with Crippen LogP contribution in [0.15, 0.2) is 17.1 Å². The third-order valence-electron chi connectivity index (χ3n) is 2.15. The summed E-state index contributed by atoms with van der Waals surface area (Å²) in [6.45, 7) is 5.80. The summed E-state index contributed by atoms with van der Waals surface area (Å²) in [6.07, 6.45) is 8.21. The fraction of sp³-hybridized carbons (Fsp3) is 0.667. The third-order valence-corrected chi connectivity index (χ3v) is 2.15. The first-order valence-corrected chi connectivity index (χ1v) is 3.97. The van der Waals surface area contributed by atoms with Crippen LogP contribution in [0.25, 0.3) is 0 Å². The predicted molar refractivity (Wildman–Crippen MR) is 45.5 cm³/mol. The number of rotatable bonds is 1. The van der Waals surface area contributed by atoms with Gasteiger partial charge in [0.05, 0.1) is 6.04 Å². The van der Waals surface area contributed by atoms with Gasteiger partial charge in [0.2, 0.25) is 0 Å². The molecule has 0 amide bonds. The number of aliphatic imine (C=N–C) groups is 1. The van der Waals surface area contributed by atoms with Gasteiger partial charge >= 0.3 is 0 Å². The Morgan fingerprint density at radius 3 is 3.10 bits per heavy atom. The molecule has 0 fully saturated rings. The van der Waals surface area contributed by atoms with E-state index in [1.54, 1.807) is 0 Å². The number of hydrogen-bond acceptors (Lipinski definition) is 1. The van der Waals surface area contributed by atoms with E-state index in [0.29, 0.717) is 12.0 Å². The Morgan fingerprint density at radius 1 is 1.60 bits per heavy atom. The Hall–Kier alpha value is -0.590. The van der Waals surface area contributed by atoms with E-state index in [2.05, 4.69) is 30.8 Å². The van der Waals surface area contributed by atoms with E-state index < -0.39 is 0 Å². The largest absolute Gasteiger partial charge is 0.297 e. The summed E-state index contributed by atoms with van der Waals surface area (Å²) >= 11 is 0. The quantitative estimate of drug-likeness (QED) is 0.389. The van der Waals surface area contributed by atoms with Crippen molar-refractivity contribution in [2.45, 2.75) is 32.2 Å². The molecule has 1 nitrogen and oxygen atoms in total. The molecule has 1 aliphatic carbocycles. The molecule has 0 saturated carbocycles. The molecular weight excluding hydrogens is 122 g/mol. The van der Waals surface area contributed by atoms with E-state index in [0.717, 1.165) is 0 Å². The van der Waals surface area contributed by atoms with Gasteiger partial charge in [-0.3, -0.25) is 4.99 Å². The summed E-state index contributed by atoms with van der Waals surface area (Å²) < 4.78 is 0. The van der Waals surface area contributed by atoms with E-state index in [4.69, 9.17) is 0 Å². The summed E-state index contributed by atoms with van der Waals surface area (Å²) in [5.74, 6) is 0.597. The zero-order chi connectivity index (χ0) is 7.40. The second-order valence-electron chi connectivity index (χ2n) is 2.97. The summed E-state index contributed by atoms with van der Waals surface area (Å²) in [5, 5.41) is 0. The van der Waals surface area contributed by atoms with Gasteiger partial charge in [-0.2, -0.15) is 0 Å². The van der Waals surface area contributed by atoms with Gasteiger partial charge in [0.25, 0.3) is 0 Å². The minimum atomic E-state index is 0.471. The maximum absolute atomic E-state index is 4.09. The lowest BCUT2D eigenvalue weighted by Crippen LogP contribution is -2.11. The van der Waals surface area contributed by atoms with Crippen molar-refractivity contribution >= 4 is 6.72 Å². The molecule has 0 radical (unpaired) electrons. The van der Waals surface area contributed by atoms with Crippen molar-refractivity contribution in [3.63, 3.8) is 0 Å². The molecule has 0 unspecified atom stereocenters. The van der Waals surface area contributed by atoms with Crippen LogP contribution in [0.4, 0.5) is 0 Å². The van der Waals surface area contributed by atoms with Gasteiger partial charge < -0.3 is 0 Å². The molecule has 56 valence electrons. The maximum atomic E-state index is 4.09. The molecule has 0 aliphatic heterocycles. The Kier molecular flexibility index (Phi) is 2.67.